The van der Waals surface area contributed by atoms with E-state index in [-0.39, 0.29) is 24.1 Å². The van der Waals surface area contributed by atoms with E-state index >= 15 is 0 Å². The Morgan fingerprint density at radius 2 is 1.97 bits per heavy atom. The first-order valence-corrected chi connectivity index (χ1v) is 13.5. The van der Waals surface area contributed by atoms with Crippen molar-refractivity contribution in [2.75, 3.05) is 23.2 Å². The molecule has 2 aromatic carbocycles. The van der Waals surface area contributed by atoms with Gasteiger partial charge in [-0.25, -0.2) is 17.8 Å². The van der Waals surface area contributed by atoms with E-state index in [4.69, 9.17) is 4.42 Å². The molecule has 0 unspecified atom stereocenters. The molecule has 2 aromatic heterocycles. The Labute approximate surface area is 203 Å². The van der Waals surface area contributed by atoms with Crippen molar-refractivity contribution in [1.82, 2.24) is 9.97 Å². The Hall–Kier alpha value is -3.17. The molecule has 0 aliphatic heterocycles. The number of rotatable bonds is 10. The highest BCUT2D eigenvalue weighted by molar-refractivity contribution is 7.92. The predicted octanol–water partition coefficient (Wildman–Crippen LogP) is 5.44. The second-order valence-electron chi connectivity index (χ2n) is 8.84. The first kappa shape index (κ1) is 23.6. The number of aromatic amines is 1. The minimum absolute atomic E-state index is 0.0141. The van der Waals surface area contributed by atoms with Gasteiger partial charge < -0.3 is 14.5 Å². The van der Waals surface area contributed by atoms with Crippen molar-refractivity contribution >= 4 is 26.7 Å². The number of benzene rings is 2. The van der Waals surface area contributed by atoms with Crippen LogP contribution in [0.25, 0.3) is 33.7 Å². The molecule has 0 radical (unpaired) electrons. The van der Waals surface area contributed by atoms with Crippen LogP contribution in [0.5, 0.6) is 0 Å². The van der Waals surface area contributed by atoms with Gasteiger partial charge in [-0.2, -0.15) is 0 Å². The number of aliphatic hydroxyl groups is 1. The van der Waals surface area contributed by atoms with E-state index in [1.807, 2.05) is 12.1 Å². The molecule has 7 nitrogen and oxygen atoms in total. The summed E-state index contributed by atoms with van der Waals surface area (Å²) in [7, 11) is -3.54. The summed E-state index contributed by atoms with van der Waals surface area (Å²) >= 11 is 0. The zero-order valence-corrected chi connectivity index (χ0v) is 20.3. The number of fused-ring (bicyclic) bond motifs is 1. The van der Waals surface area contributed by atoms with Gasteiger partial charge in [-0.05, 0) is 74.4 Å². The van der Waals surface area contributed by atoms with Crippen molar-refractivity contribution in [3.8, 4) is 22.7 Å². The Bertz CT molecular complexity index is 1430. The number of nitrogens with one attached hydrogen (secondary N) is 1. The Kier molecular flexibility index (Phi) is 6.37. The molecule has 0 amide bonds. The number of aliphatic hydroxyl groups excluding tert-OH is 1. The molecule has 1 saturated carbocycles. The topological polar surface area (TPSA) is 99.4 Å². The maximum Gasteiger partial charge on any atom is 0.234 e. The Morgan fingerprint density at radius 1 is 1.20 bits per heavy atom. The van der Waals surface area contributed by atoms with E-state index in [0.29, 0.717) is 47.8 Å². The molecule has 0 atom stereocenters. The summed E-state index contributed by atoms with van der Waals surface area (Å²) in [5.74, 6) is 1.07. The van der Waals surface area contributed by atoms with Crippen molar-refractivity contribution in [3.05, 3.63) is 60.2 Å². The van der Waals surface area contributed by atoms with Crippen molar-refractivity contribution in [3.63, 3.8) is 0 Å². The molecule has 0 spiro atoms. The van der Waals surface area contributed by atoms with Crippen LogP contribution in [-0.2, 0) is 10.0 Å². The van der Waals surface area contributed by atoms with Crippen LogP contribution >= 0.6 is 0 Å². The van der Waals surface area contributed by atoms with Gasteiger partial charge in [0.2, 0.25) is 10.0 Å². The molecule has 1 aliphatic rings. The number of halogens is 1. The third kappa shape index (κ3) is 4.58. The van der Waals surface area contributed by atoms with Crippen LogP contribution in [0, 0.1) is 5.82 Å². The molecule has 2 N–H and O–H groups in total. The number of anilines is 1. The van der Waals surface area contributed by atoms with Gasteiger partial charge in [-0.1, -0.05) is 0 Å². The van der Waals surface area contributed by atoms with E-state index in [0.717, 1.165) is 29.4 Å². The Balaban J connectivity index is 1.74. The quantitative estimate of drug-likeness (QED) is 0.285. The largest absolute Gasteiger partial charge is 0.455 e. The Morgan fingerprint density at radius 3 is 2.60 bits per heavy atom. The highest BCUT2D eigenvalue weighted by Gasteiger charge is 2.33. The summed E-state index contributed by atoms with van der Waals surface area (Å²) in [6.45, 7) is 1.94. The minimum atomic E-state index is -3.54. The summed E-state index contributed by atoms with van der Waals surface area (Å²) in [5, 5.41) is 10.1. The van der Waals surface area contributed by atoms with Crippen LogP contribution < -0.4 is 4.31 Å². The second-order valence-corrected chi connectivity index (χ2v) is 11.0. The SMILES string of the molecule is CCS(=O)(=O)N(CCCCO)c1cc2oc(-c3ccc(F)cc3)c(-c3ncc[nH]3)c2cc1C1CC1. The van der Waals surface area contributed by atoms with Gasteiger partial charge in [0.1, 0.15) is 23.0 Å². The van der Waals surface area contributed by atoms with E-state index in [9.17, 15) is 17.9 Å². The van der Waals surface area contributed by atoms with E-state index in [1.165, 1.54) is 16.4 Å². The van der Waals surface area contributed by atoms with Crippen LogP contribution in [0.3, 0.4) is 0 Å². The van der Waals surface area contributed by atoms with Crippen molar-refractivity contribution in [1.29, 1.82) is 0 Å². The number of nitrogens with zero attached hydrogens (tertiary/aromatic N) is 2. The van der Waals surface area contributed by atoms with E-state index in [1.54, 1.807) is 31.5 Å². The lowest BCUT2D eigenvalue weighted by Gasteiger charge is -2.26. The fourth-order valence-corrected chi connectivity index (χ4v) is 5.64. The van der Waals surface area contributed by atoms with Gasteiger partial charge in [0.15, 0.2) is 0 Å². The van der Waals surface area contributed by atoms with Crippen molar-refractivity contribution < 1.29 is 22.3 Å². The number of hydrogen-bond donors (Lipinski definition) is 2. The minimum Gasteiger partial charge on any atom is -0.455 e. The van der Waals surface area contributed by atoms with Crippen LogP contribution in [0.15, 0.2) is 53.2 Å². The van der Waals surface area contributed by atoms with Gasteiger partial charge in [0.25, 0.3) is 0 Å². The zero-order valence-electron chi connectivity index (χ0n) is 19.5. The molecular formula is C26H28FN3O4S. The standard InChI is InChI=1S/C26H28FN3O4S/c1-2-35(32,33)30(13-3-4-14-31)22-16-23-21(15-20(22)17-5-6-17)24(26-28-11-12-29-26)25(34-23)18-7-9-19(27)10-8-18/h7-12,15-17,31H,2-6,13-14H2,1H3,(H,28,29). The molecule has 2 heterocycles. The van der Waals surface area contributed by atoms with Gasteiger partial charge >= 0.3 is 0 Å². The predicted molar refractivity (Wildman–Crippen MR) is 134 cm³/mol. The number of H-pyrrole nitrogens is 1. The smallest absolute Gasteiger partial charge is 0.234 e. The lowest BCUT2D eigenvalue weighted by Crippen LogP contribution is -2.34. The van der Waals surface area contributed by atoms with Crippen molar-refractivity contribution in [2.24, 2.45) is 0 Å². The van der Waals surface area contributed by atoms with E-state index in [2.05, 4.69) is 9.97 Å². The number of unbranched alkanes of at least 4 members (excludes halogenated alkanes) is 1. The van der Waals surface area contributed by atoms with Crippen LogP contribution in [0.4, 0.5) is 10.1 Å². The van der Waals surface area contributed by atoms with Gasteiger partial charge in [0, 0.05) is 42.6 Å². The lowest BCUT2D eigenvalue weighted by molar-refractivity contribution is 0.285. The fraction of sp³-hybridized carbons (Fsp3) is 0.346. The first-order chi connectivity index (χ1) is 16.9. The van der Waals surface area contributed by atoms with Crippen LogP contribution in [0.1, 0.15) is 44.1 Å². The van der Waals surface area contributed by atoms with Crippen LogP contribution in [0.2, 0.25) is 0 Å². The van der Waals surface area contributed by atoms with E-state index < -0.39 is 10.0 Å². The molecule has 5 rings (SSSR count). The molecule has 0 saturated heterocycles. The summed E-state index contributed by atoms with van der Waals surface area (Å²) in [5.41, 5.74) is 3.59. The maximum absolute atomic E-state index is 13.6. The number of furan rings is 1. The number of imidazole rings is 1. The average molecular weight is 498 g/mol. The van der Waals surface area contributed by atoms with Crippen LogP contribution in [-0.4, -0.2) is 42.4 Å². The molecule has 184 valence electrons. The maximum atomic E-state index is 13.6. The third-order valence-electron chi connectivity index (χ3n) is 6.43. The van der Waals surface area contributed by atoms with Gasteiger partial charge in [-0.15, -0.1) is 0 Å². The fourth-order valence-electron chi connectivity index (χ4n) is 4.46. The molecule has 35 heavy (non-hydrogen) atoms. The summed E-state index contributed by atoms with van der Waals surface area (Å²) in [4.78, 5) is 7.59. The third-order valence-corrected chi connectivity index (χ3v) is 8.21. The molecule has 9 heteroatoms. The van der Waals surface area contributed by atoms with Gasteiger partial charge in [-0.3, -0.25) is 4.31 Å². The highest BCUT2D eigenvalue weighted by atomic mass is 32.2. The molecule has 1 fully saturated rings. The molecule has 1 aliphatic carbocycles. The first-order valence-electron chi connectivity index (χ1n) is 11.9. The van der Waals surface area contributed by atoms with Gasteiger partial charge in [0.05, 0.1) is 17.0 Å². The molecular weight excluding hydrogens is 469 g/mol. The molecule has 0 bridgehead atoms. The number of sulfonamides is 1. The average Bonchev–Trinajstić information content (AvgIpc) is 3.43. The summed E-state index contributed by atoms with van der Waals surface area (Å²) in [6, 6.07) is 9.92. The normalized spacial score (nSPS) is 14.0. The zero-order chi connectivity index (χ0) is 24.6. The summed E-state index contributed by atoms with van der Waals surface area (Å²) in [6.07, 6.45) is 6.45. The number of aromatic nitrogens is 2. The summed E-state index contributed by atoms with van der Waals surface area (Å²) < 4.78 is 47.7. The number of hydrogen-bond acceptors (Lipinski definition) is 5. The second kappa shape index (κ2) is 9.47. The van der Waals surface area contributed by atoms with Crippen molar-refractivity contribution in [2.45, 2.75) is 38.5 Å². The highest BCUT2D eigenvalue weighted by Crippen LogP contribution is 2.49. The monoisotopic (exact) mass is 497 g/mol. The molecule has 4 aromatic rings. The lowest BCUT2D eigenvalue weighted by atomic mass is 10.0.